The highest BCUT2D eigenvalue weighted by molar-refractivity contribution is 7.17. The maximum Gasteiger partial charge on any atom is 0.306 e. The van der Waals surface area contributed by atoms with E-state index in [1.165, 1.54) is 11.3 Å². The summed E-state index contributed by atoms with van der Waals surface area (Å²) in [4.78, 5) is 39.3. The minimum absolute atomic E-state index is 0.307. The van der Waals surface area contributed by atoms with Crippen molar-refractivity contribution in [1.29, 1.82) is 0 Å². The van der Waals surface area contributed by atoms with Crippen molar-refractivity contribution in [2.24, 2.45) is 11.7 Å². The second kappa shape index (κ2) is 9.17. The van der Waals surface area contributed by atoms with Crippen LogP contribution in [0.1, 0.15) is 43.1 Å². The Hall–Kier alpha value is -2.75. The molecule has 9 heteroatoms. The number of thiophene rings is 1. The monoisotopic (exact) mass is 443 g/mol. The summed E-state index contributed by atoms with van der Waals surface area (Å²) >= 11 is 1.25. The summed E-state index contributed by atoms with van der Waals surface area (Å²) in [5.41, 5.74) is 8.26. The number of carbonyl (C=O) groups is 3. The summed E-state index contributed by atoms with van der Waals surface area (Å²) in [5.74, 6) is -2.26. The summed E-state index contributed by atoms with van der Waals surface area (Å²) in [7, 11) is 0. The number of rotatable bonds is 6. The fourth-order valence-corrected chi connectivity index (χ4v) is 5.43. The van der Waals surface area contributed by atoms with Gasteiger partial charge in [0.2, 0.25) is 0 Å². The molecule has 2 heterocycles. The fraction of sp³-hybridized carbons (Fsp3) is 0.409. The number of anilines is 1. The summed E-state index contributed by atoms with van der Waals surface area (Å²) in [5, 5.41) is 12.5. The van der Waals surface area contributed by atoms with E-state index < -0.39 is 17.8 Å². The Balaban J connectivity index is 1.48. The number of aliphatic carboxylic acids is 1. The molecule has 1 aliphatic heterocycles. The molecule has 1 saturated heterocycles. The number of morpholine rings is 1. The molecule has 4 rings (SSSR count). The average Bonchev–Trinajstić information content (AvgIpc) is 3.12. The van der Waals surface area contributed by atoms with Crippen molar-refractivity contribution in [1.82, 2.24) is 4.90 Å². The number of nitrogens with one attached hydrogen (secondary N) is 1. The number of ether oxygens (including phenoxy) is 1. The number of primary amides is 1. The molecule has 2 amide bonds. The van der Waals surface area contributed by atoms with Crippen molar-refractivity contribution in [3.63, 3.8) is 0 Å². The van der Waals surface area contributed by atoms with Gasteiger partial charge in [-0.3, -0.25) is 19.3 Å². The molecule has 2 aromatic rings. The number of fused-ring (bicyclic) bond motifs is 1. The smallest absolute Gasteiger partial charge is 0.306 e. The third-order valence-electron chi connectivity index (χ3n) is 5.81. The third-order valence-corrected chi connectivity index (χ3v) is 6.98. The van der Waals surface area contributed by atoms with E-state index in [0.717, 1.165) is 48.9 Å². The van der Waals surface area contributed by atoms with Gasteiger partial charge in [-0.2, -0.15) is 0 Å². The van der Waals surface area contributed by atoms with Crippen LogP contribution in [-0.2, 0) is 28.9 Å². The van der Waals surface area contributed by atoms with Crippen LogP contribution >= 0.6 is 11.3 Å². The molecule has 0 spiro atoms. The third kappa shape index (κ3) is 4.79. The maximum absolute atomic E-state index is 12.8. The Morgan fingerprint density at radius 3 is 2.55 bits per heavy atom. The lowest BCUT2D eigenvalue weighted by Crippen LogP contribution is -2.35. The average molecular weight is 444 g/mol. The minimum atomic E-state index is -0.845. The Bertz CT molecular complexity index is 995. The number of benzene rings is 1. The van der Waals surface area contributed by atoms with E-state index in [1.807, 2.05) is 12.1 Å². The lowest BCUT2D eigenvalue weighted by Gasteiger charge is -2.26. The highest BCUT2D eigenvalue weighted by atomic mass is 32.1. The second-order valence-electron chi connectivity index (χ2n) is 7.89. The van der Waals surface area contributed by atoms with E-state index in [1.54, 1.807) is 12.1 Å². The Morgan fingerprint density at radius 1 is 1.19 bits per heavy atom. The maximum atomic E-state index is 12.8. The molecule has 0 radical (unpaired) electrons. The topological polar surface area (TPSA) is 122 Å². The van der Waals surface area contributed by atoms with Crippen LogP contribution in [-0.4, -0.2) is 54.1 Å². The molecule has 1 fully saturated rings. The zero-order valence-corrected chi connectivity index (χ0v) is 17.9. The van der Waals surface area contributed by atoms with E-state index in [2.05, 4.69) is 10.2 Å². The molecule has 164 valence electrons. The van der Waals surface area contributed by atoms with Crippen molar-refractivity contribution >= 4 is 34.1 Å². The van der Waals surface area contributed by atoms with Crippen molar-refractivity contribution in [2.75, 3.05) is 31.6 Å². The molecule has 1 unspecified atom stereocenters. The number of carbonyl (C=O) groups excluding carboxylic acids is 2. The summed E-state index contributed by atoms with van der Waals surface area (Å²) in [6, 6.07) is 7.39. The number of amides is 2. The van der Waals surface area contributed by atoms with Crippen LogP contribution in [0.2, 0.25) is 0 Å². The molecule has 2 aliphatic rings. The lowest BCUT2D eigenvalue weighted by molar-refractivity contribution is -0.142. The van der Waals surface area contributed by atoms with Gasteiger partial charge >= 0.3 is 5.97 Å². The largest absolute Gasteiger partial charge is 0.481 e. The van der Waals surface area contributed by atoms with Crippen LogP contribution in [0.15, 0.2) is 24.3 Å². The van der Waals surface area contributed by atoms with Crippen LogP contribution < -0.4 is 11.1 Å². The van der Waals surface area contributed by atoms with Gasteiger partial charge in [0.1, 0.15) is 5.00 Å². The first-order valence-corrected chi connectivity index (χ1v) is 11.1. The van der Waals surface area contributed by atoms with Gasteiger partial charge in [0, 0.05) is 30.1 Å². The molecule has 1 aromatic heterocycles. The number of nitrogens with two attached hydrogens (primary N) is 1. The number of nitrogens with zero attached hydrogens (tertiary/aromatic N) is 1. The van der Waals surface area contributed by atoms with E-state index in [0.29, 0.717) is 35.4 Å². The quantitative estimate of drug-likeness (QED) is 0.629. The number of hydrogen-bond acceptors (Lipinski definition) is 6. The van der Waals surface area contributed by atoms with Crippen molar-refractivity contribution < 1.29 is 24.2 Å². The van der Waals surface area contributed by atoms with Crippen LogP contribution in [0.4, 0.5) is 5.00 Å². The molecule has 1 aromatic carbocycles. The van der Waals surface area contributed by atoms with Crippen LogP contribution in [0.5, 0.6) is 0 Å². The number of carboxylic acid groups (broad SMARTS) is 1. The minimum Gasteiger partial charge on any atom is -0.481 e. The highest BCUT2D eigenvalue weighted by Crippen LogP contribution is 2.39. The zero-order valence-electron chi connectivity index (χ0n) is 17.1. The molecule has 1 atom stereocenters. The molecular formula is C22H25N3O5S. The Morgan fingerprint density at radius 2 is 1.90 bits per heavy atom. The van der Waals surface area contributed by atoms with Gasteiger partial charge in [0.05, 0.1) is 24.7 Å². The first-order chi connectivity index (χ1) is 14.9. The standard InChI is InChI=1S/C22H25N3O5S/c23-19(26)18-16-6-5-15(22(28)29)11-17(16)31-21(18)24-20(27)14-3-1-13(2-4-14)12-25-7-9-30-10-8-25/h1-4,15H,5-12H2,(H2,23,26)(H,24,27)(H,28,29). The SMILES string of the molecule is NC(=O)c1c(NC(=O)c2ccc(CN3CCOCC3)cc2)sc2c1CCC(C(=O)O)C2. The molecule has 1 aliphatic carbocycles. The number of hydrogen-bond donors (Lipinski definition) is 3. The zero-order chi connectivity index (χ0) is 22.0. The Labute approximate surface area is 184 Å². The first-order valence-electron chi connectivity index (χ1n) is 10.3. The van der Waals surface area contributed by atoms with E-state index >= 15 is 0 Å². The molecule has 0 saturated carbocycles. The highest BCUT2D eigenvalue weighted by Gasteiger charge is 2.31. The summed E-state index contributed by atoms with van der Waals surface area (Å²) < 4.78 is 5.36. The van der Waals surface area contributed by atoms with Gasteiger partial charge in [-0.1, -0.05) is 12.1 Å². The molecule has 8 nitrogen and oxygen atoms in total. The molecule has 31 heavy (non-hydrogen) atoms. The van der Waals surface area contributed by atoms with Crippen LogP contribution in [0, 0.1) is 5.92 Å². The van der Waals surface area contributed by atoms with E-state index in [4.69, 9.17) is 10.5 Å². The normalized spacial score (nSPS) is 18.9. The lowest BCUT2D eigenvalue weighted by atomic mass is 9.87. The van der Waals surface area contributed by atoms with Gasteiger partial charge in [-0.25, -0.2) is 0 Å². The molecular weight excluding hydrogens is 418 g/mol. The Kier molecular flexibility index (Phi) is 6.35. The first kappa shape index (κ1) is 21.5. The van der Waals surface area contributed by atoms with Gasteiger partial charge in [0.15, 0.2) is 0 Å². The van der Waals surface area contributed by atoms with Gasteiger partial charge in [-0.15, -0.1) is 11.3 Å². The second-order valence-corrected chi connectivity index (χ2v) is 8.99. The van der Waals surface area contributed by atoms with E-state index in [9.17, 15) is 19.5 Å². The predicted molar refractivity (Wildman–Crippen MR) is 116 cm³/mol. The molecule has 0 bridgehead atoms. The number of carboxylic acids is 1. The summed E-state index contributed by atoms with van der Waals surface area (Å²) in [6.45, 7) is 4.06. The van der Waals surface area contributed by atoms with Crippen molar-refractivity contribution in [2.45, 2.75) is 25.8 Å². The van der Waals surface area contributed by atoms with Crippen molar-refractivity contribution in [3.05, 3.63) is 51.4 Å². The van der Waals surface area contributed by atoms with Crippen LogP contribution in [0.3, 0.4) is 0 Å². The van der Waals surface area contributed by atoms with Gasteiger partial charge in [-0.05, 0) is 42.5 Å². The fourth-order valence-electron chi connectivity index (χ4n) is 4.10. The van der Waals surface area contributed by atoms with Crippen molar-refractivity contribution in [3.8, 4) is 0 Å². The predicted octanol–water partition coefficient (Wildman–Crippen LogP) is 2.12. The van der Waals surface area contributed by atoms with Crippen LogP contribution in [0.25, 0.3) is 0 Å². The van der Waals surface area contributed by atoms with Gasteiger partial charge in [0.25, 0.3) is 11.8 Å². The van der Waals surface area contributed by atoms with E-state index in [-0.39, 0.29) is 5.91 Å². The molecule has 4 N–H and O–H groups in total. The summed E-state index contributed by atoms with van der Waals surface area (Å²) in [6.07, 6.45) is 1.27. The van der Waals surface area contributed by atoms with Gasteiger partial charge < -0.3 is 20.9 Å².